The normalized spacial score (nSPS) is 16.5. The molecule has 1 unspecified atom stereocenters. The van der Waals surface area contributed by atoms with Gasteiger partial charge in [0.2, 0.25) is 5.95 Å². The lowest BCUT2D eigenvalue weighted by Crippen LogP contribution is -2.29. The fourth-order valence-electron chi connectivity index (χ4n) is 3.19. The van der Waals surface area contributed by atoms with Crippen LogP contribution in [0, 0.1) is 6.92 Å². The van der Waals surface area contributed by atoms with Gasteiger partial charge in [-0.05, 0) is 25.5 Å². The highest BCUT2D eigenvalue weighted by Crippen LogP contribution is 2.31. The van der Waals surface area contributed by atoms with E-state index in [-0.39, 0.29) is 17.7 Å². The molecular weight excluding hydrogens is 362 g/mol. The van der Waals surface area contributed by atoms with Gasteiger partial charge in [0.05, 0.1) is 16.1 Å². The Balaban J connectivity index is 1.88. The van der Waals surface area contributed by atoms with Crippen LogP contribution in [0.3, 0.4) is 0 Å². The minimum Gasteiger partial charge on any atom is -0.347 e. The first-order chi connectivity index (χ1) is 12.8. The van der Waals surface area contributed by atoms with Crippen molar-refractivity contribution in [2.75, 3.05) is 46.2 Å². The molecule has 0 saturated carbocycles. The molecule has 0 radical (unpaired) electrons. The highest BCUT2D eigenvalue weighted by Gasteiger charge is 2.32. The number of hydrogen-bond donors (Lipinski definition) is 0. The number of aryl methyl sites for hydroxylation is 1. The van der Waals surface area contributed by atoms with Gasteiger partial charge in [-0.1, -0.05) is 0 Å². The van der Waals surface area contributed by atoms with Gasteiger partial charge in [-0.25, -0.2) is 9.97 Å². The summed E-state index contributed by atoms with van der Waals surface area (Å²) in [5.74, 6) is 0.529. The van der Waals surface area contributed by atoms with Crippen LogP contribution in [0.5, 0.6) is 0 Å². The molecule has 2 amide bonds. The zero-order chi connectivity index (χ0) is 19.7. The molecule has 0 spiro atoms. The Bertz CT molecular complexity index is 862. The lowest BCUT2D eigenvalue weighted by molar-refractivity contribution is 0.0795. The summed E-state index contributed by atoms with van der Waals surface area (Å²) in [6.45, 7) is 3.22. The number of thiophene rings is 1. The Morgan fingerprint density at radius 3 is 2.56 bits per heavy atom. The molecule has 144 valence electrons. The largest absolute Gasteiger partial charge is 0.347 e. The molecule has 0 aliphatic carbocycles. The zero-order valence-corrected chi connectivity index (χ0v) is 17.2. The van der Waals surface area contributed by atoms with Crippen molar-refractivity contribution in [3.63, 3.8) is 0 Å². The predicted octanol–water partition coefficient (Wildman–Crippen LogP) is 2.24. The summed E-state index contributed by atoms with van der Waals surface area (Å²) < 4.78 is 0. The summed E-state index contributed by atoms with van der Waals surface area (Å²) in [5.41, 5.74) is 1.24. The third kappa shape index (κ3) is 3.95. The molecule has 0 N–H and O–H groups in total. The topological polar surface area (TPSA) is 69.6 Å². The van der Waals surface area contributed by atoms with E-state index in [1.807, 2.05) is 43.0 Å². The van der Waals surface area contributed by atoms with Crippen LogP contribution < -0.4 is 4.90 Å². The van der Waals surface area contributed by atoms with E-state index in [1.165, 1.54) is 16.2 Å². The number of likely N-dealkylation sites (tertiary alicyclic amines) is 1. The Labute approximate surface area is 163 Å². The molecule has 0 bridgehead atoms. The van der Waals surface area contributed by atoms with E-state index in [1.54, 1.807) is 20.3 Å². The molecule has 2 aromatic rings. The number of hydrogen-bond acceptors (Lipinski definition) is 6. The molecule has 1 aliphatic rings. The minimum atomic E-state index is -0.117. The molecule has 1 fully saturated rings. The monoisotopic (exact) mass is 387 g/mol. The summed E-state index contributed by atoms with van der Waals surface area (Å²) in [5, 5.41) is 0. The number of anilines is 1. The van der Waals surface area contributed by atoms with E-state index in [2.05, 4.69) is 9.97 Å². The van der Waals surface area contributed by atoms with Crippen LogP contribution >= 0.6 is 11.3 Å². The summed E-state index contributed by atoms with van der Waals surface area (Å²) in [7, 11) is 7.18. The Morgan fingerprint density at radius 1 is 1.22 bits per heavy atom. The van der Waals surface area contributed by atoms with Gasteiger partial charge in [-0.15, -0.1) is 11.3 Å². The number of nitrogens with zero attached hydrogens (tertiary/aromatic N) is 5. The zero-order valence-electron chi connectivity index (χ0n) is 16.4. The van der Waals surface area contributed by atoms with Crippen molar-refractivity contribution in [2.45, 2.75) is 19.3 Å². The molecule has 1 saturated heterocycles. The van der Waals surface area contributed by atoms with Gasteiger partial charge >= 0.3 is 0 Å². The van der Waals surface area contributed by atoms with Crippen LogP contribution in [0.4, 0.5) is 5.95 Å². The van der Waals surface area contributed by atoms with Crippen molar-refractivity contribution >= 4 is 29.1 Å². The molecule has 27 heavy (non-hydrogen) atoms. The fourth-order valence-corrected chi connectivity index (χ4v) is 4.03. The Kier molecular flexibility index (Phi) is 5.46. The second-order valence-electron chi connectivity index (χ2n) is 7.21. The van der Waals surface area contributed by atoms with Crippen LogP contribution in [0.2, 0.25) is 0 Å². The van der Waals surface area contributed by atoms with Gasteiger partial charge in [0.25, 0.3) is 11.8 Å². The standard InChI is InChI=1S/C19H25N5O2S/c1-12-6-7-15(27-12)18(26)24-9-8-13(11-24)16-14(17(25)22(2)3)10-20-19(21-16)23(4)5/h6-7,10,13H,8-9,11H2,1-5H3. The van der Waals surface area contributed by atoms with Gasteiger partial charge in [-0.3, -0.25) is 9.59 Å². The second kappa shape index (κ2) is 7.64. The minimum absolute atomic E-state index is 0.0237. The lowest BCUT2D eigenvalue weighted by atomic mass is 9.99. The van der Waals surface area contributed by atoms with Crippen LogP contribution in [0.25, 0.3) is 0 Å². The molecule has 2 aromatic heterocycles. The van der Waals surface area contributed by atoms with E-state index < -0.39 is 0 Å². The number of carbonyl (C=O) groups excluding carboxylic acids is 2. The van der Waals surface area contributed by atoms with Crippen LogP contribution in [-0.4, -0.2) is 72.9 Å². The molecule has 1 aliphatic heterocycles. The third-order valence-corrected chi connectivity index (χ3v) is 5.64. The van der Waals surface area contributed by atoms with Crippen molar-refractivity contribution in [2.24, 2.45) is 0 Å². The maximum Gasteiger partial charge on any atom is 0.263 e. The van der Waals surface area contributed by atoms with E-state index >= 15 is 0 Å². The number of amides is 2. The number of rotatable bonds is 4. The van der Waals surface area contributed by atoms with E-state index in [0.717, 1.165) is 21.9 Å². The van der Waals surface area contributed by atoms with Crippen LogP contribution in [-0.2, 0) is 0 Å². The Hall–Kier alpha value is -2.48. The number of aromatic nitrogens is 2. The first-order valence-corrected chi connectivity index (χ1v) is 9.71. The second-order valence-corrected chi connectivity index (χ2v) is 8.50. The maximum atomic E-state index is 12.8. The first kappa shape index (κ1) is 19.3. The van der Waals surface area contributed by atoms with E-state index in [9.17, 15) is 9.59 Å². The molecular formula is C19H25N5O2S. The summed E-state index contributed by atoms with van der Waals surface area (Å²) in [6, 6.07) is 3.85. The molecule has 8 heteroatoms. The summed E-state index contributed by atoms with van der Waals surface area (Å²) >= 11 is 1.51. The average Bonchev–Trinajstić information content (AvgIpc) is 3.29. The van der Waals surface area contributed by atoms with E-state index in [0.29, 0.717) is 24.6 Å². The smallest absolute Gasteiger partial charge is 0.263 e. The Morgan fingerprint density at radius 2 is 1.96 bits per heavy atom. The summed E-state index contributed by atoms with van der Waals surface area (Å²) in [6.07, 6.45) is 2.39. The molecule has 0 aromatic carbocycles. The average molecular weight is 388 g/mol. The third-order valence-electron chi connectivity index (χ3n) is 4.66. The molecule has 7 nitrogen and oxygen atoms in total. The fraction of sp³-hybridized carbons (Fsp3) is 0.474. The summed E-state index contributed by atoms with van der Waals surface area (Å²) in [4.78, 5) is 41.4. The van der Waals surface area contributed by atoms with E-state index in [4.69, 9.17) is 0 Å². The van der Waals surface area contributed by atoms with Gasteiger partial charge in [0.1, 0.15) is 0 Å². The molecule has 3 rings (SSSR count). The predicted molar refractivity (Wildman–Crippen MR) is 107 cm³/mol. The van der Waals surface area contributed by atoms with Gasteiger partial charge in [-0.2, -0.15) is 0 Å². The van der Waals surface area contributed by atoms with Crippen LogP contribution in [0.1, 0.15) is 42.9 Å². The number of carbonyl (C=O) groups is 2. The maximum absolute atomic E-state index is 12.8. The van der Waals surface area contributed by atoms with Crippen LogP contribution in [0.15, 0.2) is 18.3 Å². The highest BCUT2D eigenvalue weighted by atomic mass is 32.1. The van der Waals surface area contributed by atoms with Crippen molar-refractivity contribution < 1.29 is 9.59 Å². The van der Waals surface area contributed by atoms with Gasteiger partial charge < -0.3 is 14.7 Å². The highest BCUT2D eigenvalue weighted by molar-refractivity contribution is 7.13. The quantitative estimate of drug-likeness (QED) is 0.805. The van der Waals surface area contributed by atoms with Gasteiger partial charge in [0.15, 0.2) is 0 Å². The lowest BCUT2D eigenvalue weighted by Gasteiger charge is -2.20. The van der Waals surface area contributed by atoms with Gasteiger partial charge in [0, 0.05) is 58.3 Å². The van der Waals surface area contributed by atoms with Crippen molar-refractivity contribution in [1.29, 1.82) is 0 Å². The molecule has 1 atom stereocenters. The molecule has 3 heterocycles. The first-order valence-electron chi connectivity index (χ1n) is 8.89. The van der Waals surface area contributed by atoms with Crippen molar-refractivity contribution in [3.05, 3.63) is 39.3 Å². The SMILES string of the molecule is Cc1ccc(C(=O)N2CCC(c3nc(N(C)C)ncc3C(=O)N(C)C)C2)s1. The van der Waals surface area contributed by atoms with Crippen molar-refractivity contribution in [1.82, 2.24) is 19.8 Å². The van der Waals surface area contributed by atoms with Crippen molar-refractivity contribution in [3.8, 4) is 0 Å².